The average Bonchev–Trinajstić information content (AvgIpc) is 3.48. The van der Waals surface area contributed by atoms with Crippen molar-refractivity contribution in [3.63, 3.8) is 0 Å². The fourth-order valence-corrected chi connectivity index (χ4v) is 5.86. The van der Waals surface area contributed by atoms with Gasteiger partial charge in [0.2, 0.25) is 5.91 Å². The minimum Gasteiger partial charge on any atom is -0.495 e. The number of hydrogen-bond donors (Lipinski definition) is 3. The van der Waals surface area contributed by atoms with Crippen molar-refractivity contribution in [2.24, 2.45) is 0 Å². The molecule has 4 aromatic rings. The predicted molar refractivity (Wildman–Crippen MR) is 164 cm³/mol. The number of amides is 1. The summed E-state index contributed by atoms with van der Waals surface area (Å²) >= 11 is 5.91. The number of aromatic carboxylic acids is 1. The van der Waals surface area contributed by atoms with E-state index in [4.69, 9.17) is 21.7 Å². The Morgan fingerprint density at radius 3 is 2.52 bits per heavy atom. The van der Waals surface area contributed by atoms with Gasteiger partial charge in [-0.05, 0) is 80.2 Å². The summed E-state index contributed by atoms with van der Waals surface area (Å²) in [5.41, 5.74) is 5.45. The number of hydrogen-bond acceptors (Lipinski definition) is 6. The number of rotatable bonds is 9. The number of nitrogens with zero attached hydrogens (tertiary/aromatic N) is 3. The van der Waals surface area contributed by atoms with Crippen molar-refractivity contribution < 1.29 is 24.2 Å². The number of carboxylic acid groups (broad SMARTS) is 1. The van der Waals surface area contributed by atoms with Gasteiger partial charge >= 0.3 is 5.97 Å². The summed E-state index contributed by atoms with van der Waals surface area (Å²) in [7, 11) is 2.99. The molecular weight excluding hydrogens is 554 g/mol. The Bertz CT molecular complexity index is 1650. The highest BCUT2D eigenvalue weighted by molar-refractivity contribution is 7.80. The third kappa shape index (κ3) is 5.31. The lowest BCUT2D eigenvalue weighted by molar-refractivity contribution is -0.119. The van der Waals surface area contributed by atoms with Crippen LogP contribution >= 0.6 is 12.2 Å². The SMILES string of the molecule is COCC(=O)Nc1cc(N2C(=S)NC(c3ccccn3)C2c2cc(C)n(-c3ccccc3C(=O)O)c2C)ccc1OC. The van der Waals surface area contributed by atoms with Crippen LogP contribution in [0, 0.1) is 13.8 Å². The number of pyridine rings is 1. The number of carboxylic acids is 1. The van der Waals surface area contributed by atoms with E-state index in [0.717, 1.165) is 28.3 Å². The molecule has 3 heterocycles. The van der Waals surface area contributed by atoms with E-state index in [1.807, 2.05) is 59.7 Å². The lowest BCUT2D eigenvalue weighted by Gasteiger charge is -2.29. The van der Waals surface area contributed by atoms with Crippen molar-refractivity contribution in [1.82, 2.24) is 14.9 Å². The van der Waals surface area contributed by atoms with Crippen molar-refractivity contribution in [2.75, 3.05) is 31.0 Å². The van der Waals surface area contributed by atoms with Crippen LogP contribution < -0.4 is 20.3 Å². The molecule has 1 fully saturated rings. The molecule has 3 N–H and O–H groups in total. The van der Waals surface area contributed by atoms with Gasteiger partial charge in [-0.3, -0.25) is 9.78 Å². The van der Waals surface area contributed by atoms with Crippen molar-refractivity contribution in [3.8, 4) is 11.4 Å². The number of aromatic nitrogens is 2. The molecule has 2 aromatic heterocycles. The summed E-state index contributed by atoms with van der Waals surface area (Å²) in [5.74, 6) is -0.834. The van der Waals surface area contributed by atoms with Crippen LogP contribution in [0.3, 0.4) is 0 Å². The summed E-state index contributed by atoms with van der Waals surface area (Å²) in [5, 5.41) is 16.7. The monoisotopic (exact) mass is 585 g/mol. The standard InChI is InChI=1S/C31H31N5O5S/c1-18-15-22(19(2)35(18)25-11-6-5-9-21(25)30(38)39)29-28(23-10-7-8-14-32-23)34-31(42)36(29)20-12-13-26(41-4)24(16-20)33-27(37)17-40-3/h5-16,28-29H,17H2,1-4H3,(H,33,37)(H,34,42)(H,38,39). The molecule has 0 aliphatic carbocycles. The smallest absolute Gasteiger partial charge is 0.337 e. The summed E-state index contributed by atoms with van der Waals surface area (Å²) < 4.78 is 12.4. The van der Waals surface area contributed by atoms with Gasteiger partial charge in [0.05, 0.1) is 41.8 Å². The second kappa shape index (κ2) is 12.0. The molecule has 1 saturated heterocycles. The van der Waals surface area contributed by atoms with Gasteiger partial charge in [0, 0.05) is 30.4 Å². The number of nitrogens with one attached hydrogen (secondary N) is 2. The number of ether oxygens (including phenoxy) is 2. The van der Waals surface area contributed by atoms with E-state index >= 15 is 0 Å². The number of carbonyl (C=O) groups excluding carboxylic acids is 1. The summed E-state index contributed by atoms with van der Waals surface area (Å²) in [6.07, 6.45) is 1.74. The van der Waals surface area contributed by atoms with Crippen molar-refractivity contribution in [2.45, 2.75) is 25.9 Å². The van der Waals surface area contributed by atoms with Crippen LogP contribution in [0.2, 0.25) is 0 Å². The van der Waals surface area contributed by atoms with E-state index in [2.05, 4.69) is 21.7 Å². The van der Waals surface area contributed by atoms with Gasteiger partial charge in [-0.2, -0.15) is 0 Å². The van der Waals surface area contributed by atoms with Gasteiger partial charge < -0.3 is 34.7 Å². The lowest BCUT2D eigenvalue weighted by atomic mass is 9.96. The third-order valence-corrected chi connectivity index (χ3v) is 7.59. The highest BCUT2D eigenvalue weighted by Gasteiger charge is 2.42. The van der Waals surface area contributed by atoms with Crippen molar-refractivity contribution in [3.05, 3.63) is 101 Å². The maximum Gasteiger partial charge on any atom is 0.337 e. The Morgan fingerprint density at radius 2 is 1.83 bits per heavy atom. The van der Waals surface area contributed by atoms with Crippen molar-refractivity contribution >= 4 is 40.6 Å². The quantitative estimate of drug-likeness (QED) is 0.234. The fourth-order valence-electron chi connectivity index (χ4n) is 5.52. The van der Waals surface area contributed by atoms with Gasteiger partial charge in [-0.15, -0.1) is 0 Å². The molecule has 2 atom stereocenters. The van der Waals surface area contributed by atoms with E-state index in [9.17, 15) is 14.7 Å². The Hall–Kier alpha value is -4.74. The first-order valence-corrected chi connectivity index (χ1v) is 13.6. The van der Waals surface area contributed by atoms with Gasteiger partial charge in [0.15, 0.2) is 5.11 Å². The number of aryl methyl sites for hydroxylation is 1. The summed E-state index contributed by atoms with van der Waals surface area (Å²) in [4.78, 5) is 31.1. The summed E-state index contributed by atoms with van der Waals surface area (Å²) in [6, 6.07) is 19.5. The Morgan fingerprint density at radius 1 is 1.07 bits per heavy atom. The maximum atomic E-state index is 12.4. The molecule has 1 aliphatic heterocycles. The highest BCUT2D eigenvalue weighted by Crippen LogP contribution is 2.45. The molecule has 0 radical (unpaired) electrons. The topological polar surface area (TPSA) is 118 Å². The molecule has 0 bridgehead atoms. The minimum absolute atomic E-state index is 0.106. The van der Waals surface area contributed by atoms with Crippen molar-refractivity contribution in [1.29, 1.82) is 0 Å². The molecular formula is C31H31N5O5S. The number of methoxy groups -OCH3 is 2. The zero-order valence-electron chi connectivity index (χ0n) is 23.6. The lowest BCUT2D eigenvalue weighted by Crippen LogP contribution is -2.29. The van der Waals surface area contributed by atoms with E-state index in [0.29, 0.717) is 22.2 Å². The minimum atomic E-state index is -1.00. The molecule has 216 valence electrons. The number of carbonyl (C=O) groups is 2. The molecule has 0 spiro atoms. The van der Waals surface area contributed by atoms with Crippen LogP contribution in [0.5, 0.6) is 5.75 Å². The van der Waals surface area contributed by atoms with E-state index < -0.39 is 5.97 Å². The van der Waals surface area contributed by atoms with Crippen LogP contribution in [0.1, 0.15) is 45.1 Å². The molecule has 2 aromatic carbocycles. The van der Waals surface area contributed by atoms with Gasteiger partial charge in [-0.25, -0.2) is 4.79 Å². The normalized spacial score (nSPS) is 16.3. The zero-order valence-corrected chi connectivity index (χ0v) is 24.4. The first kappa shape index (κ1) is 28.8. The molecule has 1 amide bonds. The fraction of sp³-hybridized carbons (Fsp3) is 0.226. The van der Waals surface area contributed by atoms with E-state index in [1.165, 1.54) is 14.2 Å². The molecule has 5 rings (SSSR count). The van der Waals surface area contributed by atoms with E-state index in [-0.39, 0.29) is 30.2 Å². The molecule has 2 unspecified atom stereocenters. The second-order valence-corrected chi connectivity index (χ2v) is 10.2. The van der Waals surface area contributed by atoms with Gasteiger partial charge in [0.25, 0.3) is 0 Å². The maximum absolute atomic E-state index is 12.4. The number of anilines is 2. The molecule has 0 saturated carbocycles. The first-order valence-electron chi connectivity index (χ1n) is 13.2. The molecule has 42 heavy (non-hydrogen) atoms. The Labute approximate surface area is 248 Å². The van der Waals surface area contributed by atoms with Crippen LogP contribution in [-0.2, 0) is 9.53 Å². The predicted octanol–water partition coefficient (Wildman–Crippen LogP) is 4.96. The van der Waals surface area contributed by atoms with Gasteiger partial charge in [-0.1, -0.05) is 18.2 Å². The average molecular weight is 586 g/mol. The zero-order chi connectivity index (χ0) is 30.0. The van der Waals surface area contributed by atoms with Crippen LogP contribution in [0.4, 0.5) is 11.4 Å². The van der Waals surface area contributed by atoms with Crippen LogP contribution in [0.25, 0.3) is 5.69 Å². The Balaban J connectivity index is 1.67. The second-order valence-electron chi connectivity index (χ2n) is 9.85. The number of benzene rings is 2. The van der Waals surface area contributed by atoms with E-state index in [1.54, 1.807) is 30.5 Å². The Kier molecular flexibility index (Phi) is 8.23. The molecule has 1 aliphatic rings. The third-order valence-electron chi connectivity index (χ3n) is 7.27. The van der Waals surface area contributed by atoms with Crippen LogP contribution in [0.15, 0.2) is 72.9 Å². The number of para-hydroxylation sites is 1. The largest absolute Gasteiger partial charge is 0.495 e. The first-order chi connectivity index (χ1) is 20.2. The summed E-state index contributed by atoms with van der Waals surface area (Å²) in [6.45, 7) is 3.82. The molecule has 10 nitrogen and oxygen atoms in total. The highest BCUT2D eigenvalue weighted by atomic mass is 32.1. The molecule has 11 heteroatoms. The number of thiocarbonyl (C=S) groups is 1. The van der Waals surface area contributed by atoms with Gasteiger partial charge in [0.1, 0.15) is 12.4 Å². The van der Waals surface area contributed by atoms with Crippen LogP contribution in [-0.4, -0.2) is 52.5 Å².